The molecule has 0 aromatic heterocycles. The zero-order valence-electron chi connectivity index (χ0n) is 11.8. The minimum Gasteiger partial charge on any atom is -0.506 e. The molecule has 0 saturated heterocycles. The number of aliphatic carboxylic acids is 1. The molecular weight excluding hydrogens is 341 g/mol. The van der Waals surface area contributed by atoms with Crippen molar-refractivity contribution in [2.24, 2.45) is 5.92 Å². The van der Waals surface area contributed by atoms with Crippen LogP contribution in [0.25, 0.3) is 0 Å². The fraction of sp³-hybridized carbons (Fsp3) is 0.125. The van der Waals surface area contributed by atoms with Gasteiger partial charge in [-0.05, 0) is 36.2 Å². The van der Waals surface area contributed by atoms with E-state index in [9.17, 15) is 19.8 Å². The minimum absolute atomic E-state index is 0.0436. The molecule has 0 amide bonds. The van der Waals surface area contributed by atoms with Crippen LogP contribution in [0.5, 0.6) is 5.75 Å². The Balaban J connectivity index is 2.36. The molecule has 0 aliphatic carbocycles. The van der Waals surface area contributed by atoms with E-state index in [0.29, 0.717) is 11.3 Å². The lowest BCUT2D eigenvalue weighted by atomic mass is 9.91. The number of phenols is 1. The minimum atomic E-state index is -1.38. The van der Waals surface area contributed by atoms with Crippen molar-refractivity contribution in [1.82, 2.24) is 0 Å². The highest BCUT2D eigenvalue weighted by Crippen LogP contribution is 2.33. The van der Waals surface area contributed by atoms with Gasteiger partial charge < -0.3 is 15.9 Å². The van der Waals surface area contributed by atoms with E-state index in [0.717, 1.165) is 0 Å². The second-order valence-corrected chi connectivity index (χ2v) is 5.83. The van der Waals surface area contributed by atoms with E-state index in [1.807, 2.05) is 0 Å². The summed E-state index contributed by atoms with van der Waals surface area (Å²) in [5.41, 5.74) is 6.52. The highest BCUT2D eigenvalue weighted by atomic mass is 35.5. The summed E-state index contributed by atoms with van der Waals surface area (Å²) in [6.07, 6.45) is -0.0436. The van der Waals surface area contributed by atoms with Crippen molar-refractivity contribution in [2.45, 2.75) is 6.42 Å². The summed E-state index contributed by atoms with van der Waals surface area (Å²) in [4.78, 5) is 24.0. The Morgan fingerprint density at radius 2 is 1.74 bits per heavy atom. The number of anilines is 1. The molecule has 2 rings (SSSR count). The Bertz CT molecular complexity index is 759. The maximum absolute atomic E-state index is 12.5. The van der Waals surface area contributed by atoms with Crippen molar-refractivity contribution < 1.29 is 19.8 Å². The predicted octanol–water partition coefficient (Wildman–Crippen LogP) is 3.41. The second kappa shape index (κ2) is 6.89. The first kappa shape index (κ1) is 17.1. The lowest BCUT2D eigenvalue weighted by Gasteiger charge is -2.13. The second-order valence-electron chi connectivity index (χ2n) is 4.98. The fourth-order valence-electron chi connectivity index (χ4n) is 2.12. The lowest BCUT2D eigenvalue weighted by molar-refractivity contribution is -0.139. The van der Waals surface area contributed by atoms with Crippen LogP contribution in [-0.2, 0) is 11.2 Å². The van der Waals surface area contributed by atoms with E-state index < -0.39 is 23.4 Å². The Morgan fingerprint density at radius 3 is 2.30 bits per heavy atom. The van der Waals surface area contributed by atoms with Gasteiger partial charge in [-0.3, -0.25) is 9.59 Å². The van der Waals surface area contributed by atoms with Gasteiger partial charge in [0.05, 0.1) is 10.6 Å². The number of nitrogens with two attached hydrogens (primary N) is 1. The number of hydrogen-bond donors (Lipinski definition) is 3. The van der Waals surface area contributed by atoms with Gasteiger partial charge in [0, 0.05) is 10.7 Å². The van der Waals surface area contributed by atoms with Crippen LogP contribution in [-0.4, -0.2) is 22.0 Å². The third kappa shape index (κ3) is 3.94. The molecule has 2 aromatic rings. The SMILES string of the molecule is Nc1ccc(CC(C(=O)O)C(=O)c2cc(Cl)cc(Cl)c2O)cc1. The van der Waals surface area contributed by atoms with Gasteiger partial charge in [0.15, 0.2) is 5.78 Å². The molecule has 2 aromatic carbocycles. The van der Waals surface area contributed by atoms with Crippen molar-refractivity contribution in [3.8, 4) is 5.75 Å². The quantitative estimate of drug-likeness (QED) is 0.434. The molecule has 0 heterocycles. The number of aromatic hydroxyl groups is 1. The van der Waals surface area contributed by atoms with Crippen molar-refractivity contribution in [3.05, 3.63) is 57.6 Å². The lowest BCUT2D eigenvalue weighted by Crippen LogP contribution is -2.26. The largest absolute Gasteiger partial charge is 0.506 e. The maximum atomic E-state index is 12.5. The van der Waals surface area contributed by atoms with Gasteiger partial charge >= 0.3 is 5.97 Å². The van der Waals surface area contributed by atoms with E-state index in [4.69, 9.17) is 28.9 Å². The van der Waals surface area contributed by atoms with Gasteiger partial charge in [-0.25, -0.2) is 0 Å². The number of nitrogen functional groups attached to an aromatic ring is 1. The average Bonchev–Trinajstić information content (AvgIpc) is 2.49. The number of rotatable bonds is 5. The van der Waals surface area contributed by atoms with Gasteiger partial charge in [-0.1, -0.05) is 35.3 Å². The Kier molecular flexibility index (Phi) is 5.13. The molecule has 0 saturated carbocycles. The number of benzene rings is 2. The zero-order valence-corrected chi connectivity index (χ0v) is 13.3. The number of ketones is 1. The molecule has 7 heteroatoms. The summed E-state index contributed by atoms with van der Waals surface area (Å²) < 4.78 is 0. The van der Waals surface area contributed by atoms with Gasteiger partial charge in [-0.15, -0.1) is 0 Å². The van der Waals surface area contributed by atoms with Gasteiger partial charge in [0.2, 0.25) is 0 Å². The average molecular weight is 354 g/mol. The summed E-state index contributed by atoms with van der Waals surface area (Å²) in [5.74, 6) is -3.93. The predicted molar refractivity (Wildman–Crippen MR) is 88.1 cm³/mol. The number of Topliss-reactive ketones (excluding diaryl/α,β-unsaturated/α-hetero) is 1. The van der Waals surface area contributed by atoms with E-state index in [-0.39, 0.29) is 22.0 Å². The van der Waals surface area contributed by atoms with Crippen LogP contribution in [0.1, 0.15) is 15.9 Å². The van der Waals surface area contributed by atoms with E-state index >= 15 is 0 Å². The molecule has 1 unspecified atom stereocenters. The number of carbonyl (C=O) groups is 2. The summed E-state index contributed by atoms with van der Waals surface area (Å²) in [5, 5.41) is 19.3. The van der Waals surface area contributed by atoms with Crippen LogP contribution in [0.3, 0.4) is 0 Å². The van der Waals surface area contributed by atoms with Crippen LogP contribution < -0.4 is 5.73 Å². The summed E-state index contributed by atoms with van der Waals surface area (Å²) >= 11 is 11.6. The Hall–Kier alpha value is -2.24. The third-order valence-corrected chi connectivity index (χ3v) is 3.83. The molecular formula is C16H13Cl2NO4. The van der Waals surface area contributed by atoms with Crippen molar-refractivity contribution in [2.75, 3.05) is 5.73 Å². The molecule has 0 spiro atoms. The van der Waals surface area contributed by atoms with Crippen LogP contribution in [0.15, 0.2) is 36.4 Å². The van der Waals surface area contributed by atoms with Crippen LogP contribution in [0.4, 0.5) is 5.69 Å². The fourth-order valence-corrected chi connectivity index (χ4v) is 2.62. The topological polar surface area (TPSA) is 101 Å². The molecule has 1 atom stereocenters. The number of carbonyl (C=O) groups excluding carboxylic acids is 1. The first-order valence-corrected chi connectivity index (χ1v) is 7.34. The van der Waals surface area contributed by atoms with Crippen LogP contribution in [0, 0.1) is 5.92 Å². The third-order valence-electron chi connectivity index (χ3n) is 3.33. The zero-order chi connectivity index (χ0) is 17.1. The Morgan fingerprint density at radius 1 is 1.13 bits per heavy atom. The highest BCUT2D eigenvalue weighted by molar-refractivity contribution is 6.36. The molecule has 120 valence electrons. The molecule has 0 aliphatic rings. The molecule has 0 radical (unpaired) electrons. The number of halogens is 2. The van der Waals surface area contributed by atoms with Gasteiger partial charge in [-0.2, -0.15) is 0 Å². The molecule has 0 fully saturated rings. The Labute approximate surface area is 142 Å². The summed E-state index contributed by atoms with van der Waals surface area (Å²) in [6, 6.07) is 8.99. The normalized spacial score (nSPS) is 11.9. The molecule has 0 bridgehead atoms. The molecule has 4 N–H and O–H groups in total. The monoisotopic (exact) mass is 353 g/mol. The van der Waals surface area contributed by atoms with Crippen LogP contribution in [0.2, 0.25) is 10.0 Å². The molecule has 0 aliphatic heterocycles. The standard InChI is InChI=1S/C16H13Cl2NO4/c17-9-6-11(15(21)13(18)7-9)14(20)12(16(22)23)5-8-1-3-10(19)4-2-8/h1-4,6-7,12,21H,5,19H2,(H,22,23). The molecule has 23 heavy (non-hydrogen) atoms. The maximum Gasteiger partial charge on any atom is 0.314 e. The number of carboxylic acid groups (broad SMARTS) is 1. The summed E-state index contributed by atoms with van der Waals surface area (Å²) in [6.45, 7) is 0. The number of carboxylic acids is 1. The van der Waals surface area contributed by atoms with Gasteiger partial charge in [0.25, 0.3) is 0 Å². The first-order valence-electron chi connectivity index (χ1n) is 6.59. The van der Waals surface area contributed by atoms with Crippen molar-refractivity contribution in [3.63, 3.8) is 0 Å². The summed E-state index contributed by atoms with van der Waals surface area (Å²) in [7, 11) is 0. The van der Waals surface area contributed by atoms with Crippen molar-refractivity contribution >= 4 is 40.6 Å². The van der Waals surface area contributed by atoms with Crippen LogP contribution >= 0.6 is 23.2 Å². The van der Waals surface area contributed by atoms with Crippen molar-refractivity contribution in [1.29, 1.82) is 0 Å². The van der Waals surface area contributed by atoms with E-state index in [2.05, 4.69) is 0 Å². The molecule has 5 nitrogen and oxygen atoms in total. The number of phenolic OH excluding ortho intramolecular Hbond substituents is 1. The first-order chi connectivity index (χ1) is 10.8. The van der Waals surface area contributed by atoms with E-state index in [1.54, 1.807) is 24.3 Å². The highest BCUT2D eigenvalue weighted by Gasteiger charge is 2.30. The van der Waals surface area contributed by atoms with Gasteiger partial charge in [0.1, 0.15) is 11.7 Å². The smallest absolute Gasteiger partial charge is 0.314 e. The number of hydrogen-bond acceptors (Lipinski definition) is 4. The van der Waals surface area contributed by atoms with E-state index in [1.165, 1.54) is 12.1 Å².